The van der Waals surface area contributed by atoms with Crippen molar-refractivity contribution >= 4 is 28.1 Å². The lowest BCUT2D eigenvalue weighted by Gasteiger charge is -2.32. The molecule has 3 aromatic heterocycles. The van der Waals surface area contributed by atoms with E-state index >= 15 is 0 Å². The lowest BCUT2D eigenvalue weighted by atomic mass is 10.0. The van der Waals surface area contributed by atoms with Crippen LogP contribution in [0.25, 0.3) is 22.1 Å². The number of aromatic amines is 1. The molecule has 0 radical (unpaired) electrons. The van der Waals surface area contributed by atoms with Crippen molar-refractivity contribution in [3.05, 3.63) is 78.1 Å². The Labute approximate surface area is 154 Å². The first-order chi connectivity index (χ1) is 13.4. The van der Waals surface area contributed by atoms with Crippen LogP contribution < -0.4 is 4.90 Å². The average molecular weight is 356 g/mol. The molecule has 6 rings (SSSR count). The molecule has 132 valence electrons. The van der Waals surface area contributed by atoms with Crippen molar-refractivity contribution in [1.29, 1.82) is 0 Å². The van der Waals surface area contributed by atoms with Crippen molar-refractivity contribution in [2.45, 2.75) is 12.5 Å². The van der Waals surface area contributed by atoms with Crippen molar-refractivity contribution in [2.75, 3.05) is 11.4 Å². The number of furan rings is 1. The standard InChI is InChI=1S/C21H16N4O2/c1-3-7-16-13(5-1)11-18(26-16)20-19-15(22-12-23-19)9-10-25(20)21-24-14-6-2-4-8-17(14)27-21/h1-8,11-12,20H,9-10H2,(H,22,23)/t20-/m1/s1. The molecule has 6 heteroatoms. The van der Waals surface area contributed by atoms with Crippen LogP contribution in [0.2, 0.25) is 0 Å². The molecule has 0 spiro atoms. The largest absolute Gasteiger partial charge is 0.458 e. The number of imidazole rings is 1. The Bertz CT molecular complexity index is 1200. The highest BCUT2D eigenvalue weighted by atomic mass is 16.4. The molecule has 0 unspecified atom stereocenters. The van der Waals surface area contributed by atoms with Gasteiger partial charge in [-0.2, -0.15) is 4.98 Å². The summed E-state index contributed by atoms with van der Waals surface area (Å²) in [5.41, 5.74) is 4.59. The second-order valence-electron chi connectivity index (χ2n) is 6.76. The molecule has 0 bridgehead atoms. The Kier molecular flexibility index (Phi) is 2.96. The van der Waals surface area contributed by atoms with Crippen LogP contribution in [0.4, 0.5) is 6.01 Å². The van der Waals surface area contributed by atoms with Gasteiger partial charge in [0.05, 0.1) is 12.0 Å². The first-order valence-electron chi connectivity index (χ1n) is 9.00. The van der Waals surface area contributed by atoms with E-state index in [-0.39, 0.29) is 6.04 Å². The van der Waals surface area contributed by atoms with Crippen molar-refractivity contribution in [3.63, 3.8) is 0 Å². The van der Waals surface area contributed by atoms with Gasteiger partial charge in [-0.3, -0.25) is 0 Å². The molecule has 0 aliphatic carbocycles. The van der Waals surface area contributed by atoms with Gasteiger partial charge in [0.2, 0.25) is 0 Å². The number of fused-ring (bicyclic) bond motifs is 3. The highest BCUT2D eigenvalue weighted by Crippen LogP contribution is 2.39. The van der Waals surface area contributed by atoms with E-state index in [9.17, 15) is 0 Å². The minimum atomic E-state index is -0.180. The normalized spacial score (nSPS) is 16.9. The zero-order valence-corrected chi connectivity index (χ0v) is 14.4. The van der Waals surface area contributed by atoms with E-state index in [1.165, 1.54) is 0 Å². The lowest BCUT2D eigenvalue weighted by Crippen LogP contribution is -2.36. The number of para-hydroxylation sites is 3. The summed E-state index contributed by atoms with van der Waals surface area (Å²) in [6.45, 7) is 0.768. The summed E-state index contributed by atoms with van der Waals surface area (Å²) in [5, 5.41) is 1.08. The second-order valence-corrected chi connectivity index (χ2v) is 6.76. The van der Waals surface area contributed by atoms with Crippen LogP contribution in [-0.4, -0.2) is 21.5 Å². The van der Waals surface area contributed by atoms with E-state index in [1.807, 2.05) is 42.5 Å². The molecule has 4 heterocycles. The van der Waals surface area contributed by atoms with Crippen LogP contribution in [0.1, 0.15) is 23.2 Å². The molecule has 6 nitrogen and oxygen atoms in total. The Morgan fingerprint density at radius 3 is 2.74 bits per heavy atom. The zero-order valence-electron chi connectivity index (χ0n) is 14.4. The number of rotatable bonds is 2. The van der Waals surface area contributed by atoms with Gasteiger partial charge in [-0.05, 0) is 24.3 Å². The van der Waals surface area contributed by atoms with Crippen molar-refractivity contribution in [1.82, 2.24) is 15.0 Å². The molecule has 2 aromatic carbocycles. The second kappa shape index (κ2) is 5.48. The van der Waals surface area contributed by atoms with Gasteiger partial charge in [0.1, 0.15) is 22.9 Å². The molecule has 0 saturated carbocycles. The summed E-state index contributed by atoms with van der Waals surface area (Å²) >= 11 is 0. The third-order valence-electron chi connectivity index (χ3n) is 5.17. The van der Waals surface area contributed by atoms with Crippen LogP contribution in [0.15, 0.2) is 69.8 Å². The predicted octanol–water partition coefficient (Wildman–Crippen LogP) is 4.45. The van der Waals surface area contributed by atoms with E-state index < -0.39 is 0 Å². The topological polar surface area (TPSA) is 71.1 Å². The first kappa shape index (κ1) is 14.6. The number of nitrogens with one attached hydrogen (secondary N) is 1. The van der Waals surface area contributed by atoms with Crippen molar-refractivity contribution in [2.24, 2.45) is 0 Å². The molecule has 1 atom stereocenters. The number of H-pyrrole nitrogens is 1. The fourth-order valence-electron chi connectivity index (χ4n) is 3.89. The van der Waals surface area contributed by atoms with Gasteiger partial charge >= 0.3 is 0 Å². The van der Waals surface area contributed by atoms with Crippen LogP contribution >= 0.6 is 0 Å². The molecule has 0 amide bonds. The van der Waals surface area contributed by atoms with Crippen LogP contribution in [0.5, 0.6) is 0 Å². The van der Waals surface area contributed by atoms with Gasteiger partial charge in [0, 0.05) is 24.0 Å². The zero-order chi connectivity index (χ0) is 17.8. The monoisotopic (exact) mass is 356 g/mol. The molecule has 1 aliphatic rings. The maximum Gasteiger partial charge on any atom is 0.299 e. The Morgan fingerprint density at radius 2 is 1.85 bits per heavy atom. The number of hydrogen-bond acceptors (Lipinski definition) is 5. The minimum absolute atomic E-state index is 0.180. The smallest absolute Gasteiger partial charge is 0.299 e. The molecule has 0 fully saturated rings. The number of anilines is 1. The Balaban J connectivity index is 1.53. The molecular formula is C21H16N4O2. The maximum atomic E-state index is 6.19. The number of oxazole rings is 1. The maximum absolute atomic E-state index is 6.19. The molecule has 27 heavy (non-hydrogen) atoms. The van der Waals surface area contributed by atoms with Gasteiger partial charge in [0.15, 0.2) is 5.58 Å². The molecule has 1 aliphatic heterocycles. The van der Waals surface area contributed by atoms with Gasteiger partial charge in [0.25, 0.3) is 6.01 Å². The van der Waals surface area contributed by atoms with E-state index in [0.717, 1.165) is 52.2 Å². The van der Waals surface area contributed by atoms with Gasteiger partial charge in [-0.25, -0.2) is 4.98 Å². The summed E-state index contributed by atoms with van der Waals surface area (Å²) in [6, 6.07) is 18.3. The van der Waals surface area contributed by atoms with Crippen LogP contribution in [0.3, 0.4) is 0 Å². The van der Waals surface area contributed by atoms with Gasteiger partial charge < -0.3 is 18.7 Å². The van der Waals surface area contributed by atoms with Crippen LogP contribution in [0, 0.1) is 0 Å². The first-order valence-corrected chi connectivity index (χ1v) is 9.00. The number of hydrogen-bond donors (Lipinski definition) is 1. The van der Waals surface area contributed by atoms with E-state index in [4.69, 9.17) is 13.8 Å². The summed E-state index contributed by atoms with van der Waals surface area (Å²) in [7, 11) is 0. The van der Waals surface area contributed by atoms with Crippen molar-refractivity contribution in [3.8, 4) is 0 Å². The summed E-state index contributed by atoms with van der Waals surface area (Å²) < 4.78 is 12.3. The lowest BCUT2D eigenvalue weighted by molar-refractivity contribution is 0.458. The third kappa shape index (κ3) is 2.19. The summed E-state index contributed by atoms with van der Waals surface area (Å²) in [6.07, 6.45) is 2.60. The van der Waals surface area contributed by atoms with E-state index in [1.54, 1.807) is 6.33 Å². The molecular weight excluding hydrogens is 340 g/mol. The summed E-state index contributed by atoms with van der Waals surface area (Å²) in [4.78, 5) is 14.7. The molecule has 5 aromatic rings. The SMILES string of the molecule is c1ccc2oc([C@@H]3c4nc[nH]c4CCN3c3nc4ccccc4o3)cc2c1. The van der Waals surface area contributed by atoms with Gasteiger partial charge in [-0.1, -0.05) is 30.3 Å². The predicted molar refractivity (Wildman–Crippen MR) is 102 cm³/mol. The van der Waals surface area contributed by atoms with Gasteiger partial charge in [-0.15, -0.1) is 0 Å². The third-order valence-corrected chi connectivity index (χ3v) is 5.17. The van der Waals surface area contributed by atoms with Crippen LogP contribution in [-0.2, 0) is 6.42 Å². The fraction of sp³-hybridized carbons (Fsp3) is 0.143. The quantitative estimate of drug-likeness (QED) is 0.506. The number of aromatic nitrogens is 3. The van der Waals surface area contributed by atoms with Crippen molar-refractivity contribution < 1.29 is 8.83 Å². The van der Waals surface area contributed by atoms with E-state index in [0.29, 0.717) is 6.01 Å². The average Bonchev–Trinajstić information content (AvgIpc) is 3.43. The molecule has 1 N–H and O–H groups in total. The summed E-state index contributed by atoms with van der Waals surface area (Å²) in [5.74, 6) is 0.839. The number of nitrogens with zero attached hydrogens (tertiary/aromatic N) is 3. The number of benzene rings is 2. The minimum Gasteiger partial charge on any atom is -0.458 e. The fourth-order valence-corrected chi connectivity index (χ4v) is 3.89. The van der Waals surface area contributed by atoms with E-state index in [2.05, 4.69) is 27.0 Å². The highest BCUT2D eigenvalue weighted by molar-refractivity contribution is 5.78. The molecule has 0 saturated heterocycles. The highest BCUT2D eigenvalue weighted by Gasteiger charge is 2.36. The Hall–Kier alpha value is -3.54. The Morgan fingerprint density at radius 1 is 1.00 bits per heavy atom.